The van der Waals surface area contributed by atoms with Crippen LogP contribution in [-0.4, -0.2) is 31.4 Å². The van der Waals surface area contributed by atoms with E-state index in [0.29, 0.717) is 19.4 Å². The maximum absolute atomic E-state index is 11.5. The minimum atomic E-state index is -0.242. The summed E-state index contributed by atoms with van der Waals surface area (Å²) in [5.74, 6) is -0.262. The van der Waals surface area contributed by atoms with Crippen molar-refractivity contribution in [2.24, 2.45) is 11.7 Å². The van der Waals surface area contributed by atoms with Crippen LogP contribution in [0.2, 0.25) is 0 Å². The number of nitrogens with two attached hydrogens (primary N) is 1. The molecule has 2 unspecified atom stereocenters. The van der Waals surface area contributed by atoms with E-state index in [1.54, 1.807) is 0 Å². The van der Waals surface area contributed by atoms with Gasteiger partial charge in [-0.05, 0) is 26.3 Å². The summed E-state index contributed by atoms with van der Waals surface area (Å²) >= 11 is 0. The topological polar surface area (TPSA) is 84.2 Å². The molecule has 0 radical (unpaired) electrons. The number of amides is 2. The minimum Gasteiger partial charge on any atom is -0.369 e. The molecule has 0 aromatic heterocycles. The molecule has 92 valence electrons. The molecule has 0 heterocycles. The highest BCUT2D eigenvalue weighted by Crippen LogP contribution is 2.23. The number of rotatable bonds is 5. The summed E-state index contributed by atoms with van der Waals surface area (Å²) in [6, 6.07) is 0.121. The molecule has 0 bridgehead atoms. The van der Waals surface area contributed by atoms with Crippen LogP contribution < -0.4 is 16.4 Å². The molecule has 1 saturated carbocycles. The van der Waals surface area contributed by atoms with Gasteiger partial charge in [0.15, 0.2) is 0 Å². The molecule has 0 aromatic carbocycles. The van der Waals surface area contributed by atoms with Crippen molar-refractivity contribution in [2.75, 3.05) is 13.6 Å². The molecule has 2 atom stereocenters. The molecule has 1 aliphatic carbocycles. The van der Waals surface area contributed by atoms with E-state index < -0.39 is 0 Å². The van der Waals surface area contributed by atoms with Gasteiger partial charge in [0.1, 0.15) is 0 Å². The lowest BCUT2D eigenvalue weighted by molar-refractivity contribution is -0.125. The molecule has 2 amide bonds. The van der Waals surface area contributed by atoms with E-state index in [2.05, 4.69) is 10.6 Å². The number of hydrogen-bond acceptors (Lipinski definition) is 3. The quantitative estimate of drug-likeness (QED) is 0.606. The van der Waals surface area contributed by atoms with Crippen LogP contribution in [0.3, 0.4) is 0 Å². The van der Waals surface area contributed by atoms with E-state index in [1.165, 1.54) is 0 Å². The fourth-order valence-corrected chi connectivity index (χ4v) is 2.12. The highest BCUT2D eigenvalue weighted by Gasteiger charge is 2.26. The van der Waals surface area contributed by atoms with Gasteiger partial charge in [-0.3, -0.25) is 9.59 Å². The second-order valence-electron chi connectivity index (χ2n) is 4.38. The molecule has 1 fully saturated rings. The highest BCUT2D eigenvalue weighted by molar-refractivity contribution is 5.78. The summed E-state index contributed by atoms with van der Waals surface area (Å²) in [4.78, 5) is 22.5. The van der Waals surface area contributed by atoms with Crippen molar-refractivity contribution in [3.63, 3.8) is 0 Å². The zero-order valence-electron chi connectivity index (χ0n) is 9.79. The number of primary amides is 1. The molecule has 5 nitrogen and oxygen atoms in total. The normalized spacial score (nSPS) is 25.1. The SMILES string of the molecule is CNCCC(=O)NC1CCCC(C(N)=O)C1. The molecular weight excluding hydrogens is 206 g/mol. The predicted octanol–water partition coefficient (Wildman–Crippen LogP) is -0.244. The van der Waals surface area contributed by atoms with Crippen LogP contribution in [0, 0.1) is 5.92 Å². The lowest BCUT2D eigenvalue weighted by Gasteiger charge is -2.27. The third-order valence-corrected chi connectivity index (χ3v) is 3.04. The van der Waals surface area contributed by atoms with Gasteiger partial charge in [-0.25, -0.2) is 0 Å². The second-order valence-corrected chi connectivity index (χ2v) is 4.38. The Hall–Kier alpha value is -1.10. The molecule has 5 heteroatoms. The maximum atomic E-state index is 11.5. The van der Waals surface area contributed by atoms with Gasteiger partial charge in [0.2, 0.25) is 11.8 Å². The Morgan fingerprint density at radius 1 is 1.38 bits per heavy atom. The van der Waals surface area contributed by atoms with E-state index >= 15 is 0 Å². The molecular formula is C11H21N3O2. The minimum absolute atomic E-state index is 0.0458. The van der Waals surface area contributed by atoms with Gasteiger partial charge in [0.05, 0.1) is 0 Å². The van der Waals surface area contributed by atoms with Gasteiger partial charge >= 0.3 is 0 Å². The van der Waals surface area contributed by atoms with E-state index in [0.717, 1.165) is 19.3 Å². The van der Waals surface area contributed by atoms with Gasteiger partial charge in [0, 0.05) is 24.9 Å². The van der Waals surface area contributed by atoms with Crippen molar-refractivity contribution in [1.82, 2.24) is 10.6 Å². The van der Waals surface area contributed by atoms with E-state index in [1.807, 2.05) is 7.05 Å². The van der Waals surface area contributed by atoms with Crippen molar-refractivity contribution in [2.45, 2.75) is 38.1 Å². The standard InChI is InChI=1S/C11H21N3O2/c1-13-6-5-10(15)14-9-4-2-3-8(7-9)11(12)16/h8-9,13H,2-7H2,1H3,(H2,12,16)(H,14,15). The number of hydrogen-bond donors (Lipinski definition) is 3. The van der Waals surface area contributed by atoms with Crippen LogP contribution in [0.1, 0.15) is 32.1 Å². The van der Waals surface area contributed by atoms with Crippen molar-refractivity contribution >= 4 is 11.8 Å². The average Bonchev–Trinajstić information content (AvgIpc) is 2.26. The van der Waals surface area contributed by atoms with Gasteiger partial charge in [-0.15, -0.1) is 0 Å². The van der Waals surface area contributed by atoms with Gasteiger partial charge < -0.3 is 16.4 Å². The van der Waals surface area contributed by atoms with Gasteiger partial charge in [-0.1, -0.05) is 6.42 Å². The summed E-state index contributed by atoms with van der Waals surface area (Å²) in [6.07, 6.45) is 3.95. The largest absolute Gasteiger partial charge is 0.369 e. The lowest BCUT2D eigenvalue weighted by atomic mass is 9.85. The maximum Gasteiger partial charge on any atom is 0.221 e. The predicted molar refractivity (Wildman–Crippen MR) is 61.6 cm³/mol. The molecule has 0 saturated heterocycles. The summed E-state index contributed by atoms with van der Waals surface area (Å²) in [5, 5.41) is 5.88. The summed E-state index contributed by atoms with van der Waals surface area (Å²) in [7, 11) is 1.82. The van der Waals surface area contributed by atoms with E-state index in [9.17, 15) is 9.59 Å². The Bertz CT molecular complexity index is 256. The van der Waals surface area contributed by atoms with Crippen molar-refractivity contribution < 1.29 is 9.59 Å². The first-order chi connectivity index (χ1) is 7.63. The summed E-state index contributed by atoms with van der Waals surface area (Å²) in [5.41, 5.74) is 5.28. The molecule has 0 aliphatic heterocycles. The van der Waals surface area contributed by atoms with E-state index in [4.69, 9.17) is 5.73 Å². The zero-order chi connectivity index (χ0) is 12.0. The van der Waals surface area contributed by atoms with Gasteiger partial charge in [0.25, 0.3) is 0 Å². The molecule has 1 aliphatic rings. The van der Waals surface area contributed by atoms with Crippen LogP contribution in [0.5, 0.6) is 0 Å². The Morgan fingerprint density at radius 2 is 2.12 bits per heavy atom. The Balaban J connectivity index is 2.31. The number of carbonyl (C=O) groups excluding carboxylic acids is 2. The van der Waals surface area contributed by atoms with Crippen LogP contribution >= 0.6 is 0 Å². The Morgan fingerprint density at radius 3 is 2.75 bits per heavy atom. The lowest BCUT2D eigenvalue weighted by Crippen LogP contribution is -2.41. The molecule has 0 aromatic rings. The Kier molecular flexibility index (Phi) is 5.25. The molecule has 1 rings (SSSR count). The molecule has 16 heavy (non-hydrogen) atoms. The first-order valence-electron chi connectivity index (χ1n) is 5.86. The third-order valence-electron chi connectivity index (χ3n) is 3.04. The molecule has 4 N–H and O–H groups in total. The van der Waals surface area contributed by atoms with Crippen molar-refractivity contribution in [3.8, 4) is 0 Å². The van der Waals surface area contributed by atoms with Crippen LogP contribution in [-0.2, 0) is 9.59 Å². The smallest absolute Gasteiger partial charge is 0.221 e. The highest BCUT2D eigenvalue weighted by atomic mass is 16.2. The zero-order valence-corrected chi connectivity index (χ0v) is 9.79. The van der Waals surface area contributed by atoms with Crippen LogP contribution in [0.25, 0.3) is 0 Å². The summed E-state index contributed by atoms with van der Waals surface area (Å²) in [6.45, 7) is 0.678. The number of carbonyl (C=O) groups is 2. The van der Waals surface area contributed by atoms with E-state index in [-0.39, 0.29) is 23.8 Å². The summed E-state index contributed by atoms with van der Waals surface area (Å²) < 4.78 is 0. The van der Waals surface area contributed by atoms with Gasteiger partial charge in [-0.2, -0.15) is 0 Å². The molecule has 0 spiro atoms. The number of nitrogens with one attached hydrogen (secondary N) is 2. The monoisotopic (exact) mass is 227 g/mol. The first-order valence-corrected chi connectivity index (χ1v) is 5.86. The average molecular weight is 227 g/mol. The fraction of sp³-hybridized carbons (Fsp3) is 0.818. The van der Waals surface area contributed by atoms with Crippen molar-refractivity contribution in [1.29, 1.82) is 0 Å². The second kappa shape index (κ2) is 6.48. The fourth-order valence-electron chi connectivity index (χ4n) is 2.12. The van der Waals surface area contributed by atoms with Crippen molar-refractivity contribution in [3.05, 3.63) is 0 Å². The first kappa shape index (κ1) is 13.0. The third kappa shape index (κ3) is 4.18. The van der Waals surface area contributed by atoms with Crippen LogP contribution in [0.15, 0.2) is 0 Å². The van der Waals surface area contributed by atoms with Crippen LogP contribution in [0.4, 0.5) is 0 Å². The Labute approximate surface area is 96.1 Å².